The summed E-state index contributed by atoms with van der Waals surface area (Å²) in [5, 5.41) is 10.7. The number of rotatable bonds is 6. The molecule has 77 heavy (non-hydrogen) atoms. The monoisotopic (exact) mass is 1000 g/mol. The smallest absolute Gasteiger partial charge is 0.178 e. The van der Waals surface area contributed by atoms with E-state index in [9.17, 15) is 0 Å². The van der Waals surface area contributed by atoms with Gasteiger partial charge in [-0.2, -0.15) is 0 Å². The number of hydrogen-bond acceptors (Lipinski definition) is 6. The van der Waals surface area contributed by atoms with Crippen LogP contribution in [0.2, 0.25) is 0 Å². The highest BCUT2D eigenvalue weighted by Gasteiger charge is 2.27. The molecule has 4 heterocycles. The summed E-state index contributed by atoms with van der Waals surface area (Å²) in [6.45, 7) is 13.3. The summed E-state index contributed by atoms with van der Waals surface area (Å²) in [5.41, 5.74) is 13.2. The van der Waals surface area contributed by atoms with Crippen LogP contribution in [0.25, 0.3) is 109 Å². The van der Waals surface area contributed by atoms with Crippen LogP contribution in [-0.4, -0.2) is 0 Å². The van der Waals surface area contributed by atoms with Crippen molar-refractivity contribution in [3.05, 3.63) is 217 Å². The molecule has 11 aromatic carbocycles. The molecular weight excluding hydrogens is 952 g/mol. The zero-order valence-electron chi connectivity index (χ0n) is 43.5. The molecule has 0 amide bonds. The van der Waals surface area contributed by atoms with Crippen LogP contribution in [0.15, 0.2) is 218 Å². The zero-order valence-corrected chi connectivity index (χ0v) is 43.5. The van der Waals surface area contributed by atoms with E-state index in [1.54, 1.807) is 0 Å². The molecule has 372 valence electrons. The average Bonchev–Trinajstić information content (AvgIpc) is 4.41. The Morgan fingerprint density at radius 3 is 1.26 bits per heavy atom. The van der Waals surface area contributed by atoms with Crippen LogP contribution < -0.4 is 9.80 Å². The Kier molecular flexibility index (Phi) is 9.57. The molecule has 7 heteroatoms. The highest BCUT2D eigenvalue weighted by atomic mass is 19.1. The van der Waals surface area contributed by atoms with Gasteiger partial charge in [-0.3, -0.25) is 0 Å². The van der Waals surface area contributed by atoms with Crippen LogP contribution >= 0.6 is 0 Å². The summed E-state index contributed by atoms with van der Waals surface area (Å²) >= 11 is 0. The van der Waals surface area contributed by atoms with Crippen molar-refractivity contribution in [2.24, 2.45) is 0 Å². The van der Waals surface area contributed by atoms with Gasteiger partial charge in [-0.15, -0.1) is 0 Å². The van der Waals surface area contributed by atoms with Gasteiger partial charge in [0.1, 0.15) is 27.9 Å². The minimum absolute atomic E-state index is 0.104. The Labute approximate surface area is 442 Å². The van der Waals surface area contributed by atoms with Crippen molar-refractivity contribution >= 4 is 143 Å². The molecule has 0 aliphatic heterocycles. The quantitative estimate of drug-likeness (QED) is 0.165. The van der Waals surface area contributed by atoms with Crippen molar-refractivity contribution in [2.75, 3.05) is 9.80 Å². The number of para-hydroxylation sites is 6. The highest BCUT2D eigenvalue weighted by molar-refractivity contribution is 6.19. The molecule has 0 unspecified atom stereocenters. The second-order valence-electron chi connectivity index (χ2n) is 22.6. The molecule has 15 rings (SSSR count). The first-order valence-electron chi connectivity index (χ1n) is 26.3. The maximum atomic E-state index is 17.3. The number of furan rings is 4. The van der Waals surface area contributed by atoms with E-state index in [-0.39, 0.29) is 16.4 Å². The van der Waals surface area contributed by atoms with Crippen LogP contribution in [0.3, 0.4) is 0 Å². The maximum Gasteiger partial charge on any atom is 0.178 e. The molecule has 0 N–H and O–H groups in total. The Morgan fingerprint density at radius 1 is 0.312 bits per heavy atom. The largest absolute Gasteiger partial charge is 0.456 e. The van der Waals surface area contributed by atoms with Crippen LogP contribution in [0.1, 0.15) is 52.7 Å². The van der Waals surface area contributed by atoms with E-state index in [1.807, 2.05) is 36.4 Å². The second kappa shape index (κ2) is 16.3. The van der Waals surface area contributed by atoms with Gasteiger partial charge in [-0.25, -0.2) is 4.39 Å². The van der Waals surface area contributed by atoms with Crippen molar-refractivity contribution < 1.29 is 22.1 Å². The van der Waals surface area contributed by atoms with Gasteiger partial charge in [0, 0.05) is 71.6 Å². The van der Waals surface area contributed by atoms with E-state index >= 15 is 4.39 Å². The van der Waals surface area contributed by atoms with Gasteiger partial charge in [0.15, 0.2) is 22.6 Å². The van der Waals surface area contributed by atoms with E-state index in [0.29, 0.717) is 32.9 Å². The highest BCUT2D eigenvalue weighted by Crippen LogP contribution is 2.48. The second-order valence-corrected chi connectivity index (χ2v) is 22.6. The molecular formula is C70H51FN2O4. The minimum atomic E-state index is -0.444. The summed E-state index contributed by atoms with van der Waals surface area (Å²) < 4.78 is 44.3. The lowest BCUT2D eigenvalue weighted by Gasteiger charge is -2.25. The molecule has 0 fully saturated rings. The average molecular weight is 1000 g/mol. The molecule has 0 saturated carbocycles. The third-order valence-corrected chi connectivity index (χ3v) is 15.7. The van der Waals surface area contributed by atoms with Crippen molar-refractivity contribution in [1.82, 2.24) is 0 Å². The van der Waals surface area contributed by atoms with Gasteiger partial charge >= 0.3 is 0 Å². The maximum absolute atomic E-state index is 17.3. The van der Waals surface area contributed by atoms with Gasteiger partial charge in [-0.05, 0) is 123 Å². The molecule has 0 saturated heterocycles. The summed E-state index contributed by atoms with van der Waals surface area (Å²) in [6, 6.07) is 69.3. The van der Waals surface area contributed by atoms with Gasteiger partial charge in [0.25, 0.3) is 0 Å². The number of nitrogens with zero attached hydrogens (tertiary/aromatic N) is 2. The molecule has 4 aromatic heterocycles. The first-order chi connectivity index (χ1) is 37.3. The Morgan fingerprint density at radius 2 is 0.766 bits per heavy atom. The summed E-state index contributed by atoms with van der Waals surface area (Å²) in [5.74, 6) is -0.444. The number of halogens is 1. The number of anilines is 6. The van der Waals surface area contributed by atoms with E-state index in [4.69, 9.17) is 17.7 Å². The lowest BCUT2D eigenvalue weighted by molar-refractivity contribution is 0.572. The van der Waals surface area contributed by atoms with Crippen molar-refractivity contribution in [3.8, 4) is 0 Å². The van der Waals surface area contributed by atoms with Crippen molar-refractivity contribution in [2.45, 2.75) is 52.4 Å². The third-order valence-electron chi connectivity index (χ3n) is 15.7. The number of fused-ring (bicyclic) bond motifs is 14. The topological polar surface area (TPSA) is 59.0 Å². The molecule has 6 nitrogen and oxygen atoms in total. The first kappa shape index (κ1) is 45.1. The van der Waals surface area contributed by atoms with E-state index in [1.165, 1.54) is 11.1 Å². The summed E-state index contributed by atoms with van der Waals surface area (Å²) in [4.78, 5) is 4.49. The van der Waals surface area contributed by atoms with Gasteiger partial charge in [0.2, 0.25) is 0 Å². The Bertz CT molecular complexity index is 4720. The van der Waals surface area contributed by atoms with E-state index < -0.39 is 5.82 Å². The fourth-order valence-electron chi connectivity index (χ4n) is 12.0. The van der Waals surface area contributed by atoms with E-state index in [0.717, 1.165) is 105 Å². The van der Waals surface area contributed by atoms with E-state index in [2.05, 4.69) is 215 Å². The third kappa shape index (κ3) is 6.92. The molecule has 0 aliphatic rings. The normalized spacial score (nSPS) is 12.6. The lowest BCUT2D eigenvalue weighted by Crippen LogP contribution is -2.11. The summed E-state index contributed by atoms with van der Waals surface area (Å²) in [7, 11) is 0. The van der Waals surface area contributed by atoms with Crippen molar-refractivity contribution in [1.29, 1.82) is 0 Å². The van der Waals surface area contributed by atoms with Gasteiger partial charge in [-0.1, -0.05) is 151 Å². The SMILES string of the molecule is CC(C)(C)c1cccc2c1oc1c(N(c3ccccc3)c3ccc4cc5c(cc4c3)oc3c(F)c4c(cc35)oc3cc5cc(N(c6ccccc6)c6cccc7c6oc6c(C(C)(C)C)cccc67)ccc5cc34)cccc12. The predicted octanol–water partition coefficient (Wildman–Crippen LogP) is 21.3. The first-order valence-corrected chi connectivity index (χ1v) is 26.3. The molecule has 0 radical (unpaired) electrons. The molecule has 0 spiro atoms. The predicted molar refractivity (Wildman–Crippen MR) is 317 cm³/mol. The molecule has 0 atom stereocenters. The fraction of sp³-hybridized carbons (Fsp3) is 0.114. The summed E-state index contributed by atoms with van der Waals surface area (Å²) in [6.07, 6.45) is 0. The van der Waals surface area contributed by atoms with Crippen LogP contribution in [0, 0.1) is 5.82 Å². The van der Waals surface area contributed by atoms with Crippen molar-refractivity contribution in [3.63, 3.8) is 0 Å². The van der Waals surface area contributed by atoms with Gasteiger partial charge < -0.3 is 27.5 Å². The Hall–Kier alpha value is -9.33. The fourth-order valence-corrected chi connectivity index (χ4v) is 12.0. The minimum Gasteiger partial charge on any atom is -0.456 e. The Balaban J connectivity index is 0.838. The molecule has 0 aliphatic carbocycles. The van der Waals surface area contributed by atoms with Crippen LogP contribution in [0.5, 0.6) is 0 Å². The lowest BCUT2D eigenvalue weighted by atomic mass is 9.86. The number of benzene rings is 11. The molecule has 0 bridgehead atoms. The molecule has 15 aromatic rings. The zero-order chi connectivity index (χ0) is 52.1. The van der Waals surface area contributed by atoms with Crippen LogP contribution in [-0.2, 0) is 10.8 Å². The van der Waals surface area contributed by atoms with Crippen LogP contribution in [0.4, 0.5) is 38.5 Å². The number of hydrogen-bond donors (Lipinski definition) is 0. The standard InChI is InChI=1S/C70H51FN2O4/c1-69(2,3)55-25-13-21-48-50-23-15-27-57(66(50)76-64(48)55)72(44-17-9-7-10-18-44)46-31-29-40-35-52-53-39-61-62(63(71)68(53)75-59(52)37-42(40)33-46)54-36-41-30-32-47(34-43(41)38-60(54)74-61)73(45-19-11-8-12-20-45)58-28-16-24-51-49-22-14-26-56(70(4,5)6)65(49)77-67(51)58/h7-39H,1-6H3. The van der Waals surface area contributed by atoms with Gasteiger partial charge in [0.05, 0.1) is 16.8 Å².